The highest BCUT2D eigenvalue weighted by atomic mass is 16.4. The Hall–Kier alpha value is -2.04. The molecule has 0 saturated heterocycles. The van der Waals surface area contributed by atoms with Crippen molar-refractivity contribution in [1.82, 2.24) is 0 Å². The van der Waals surface area contributed by atoms with E-state index in [0.29, 0.717) is 29.6 Å². The van der Waals surface area contributed by atoms with Crippen molar-refractivity contribution in [2.75, 3.05) is 23.3 Å². The van der Waals surface area contributed by atoms with E-state index in [1.807, 2.05) is 0 Å². The molecule has 0 spiro atoms. The first-order chi connectivity index (χ1) is 10.7. The fourth-order valence-corrected chi connectivity index (χ4v) is 2.46. The number of rotatable bonds is 8. The van der Waals surface area contributed by atoms with Crippen molar-refractivity contribution >= 4 is 23.3 Å². The molecule has 1 aromatic carbocycles. The lowest BCUT2D eigenvalue weighted by atomic mass is 10.1. The van der Waals surface area contributed by atoms with Gasteiger partial charge in [0.05, 0.1) is 11.3 Å². The van der Waals surface area contributed by atoms with Crippen molar-refractivity contribution in [2.45, 2.75) is 41.0 Å². The van der Waals surface area contributed by atoms with Gasteiger partial charge in [-0.25, -0.2) is 4.79 Å². The van der Waals surface area contributed by atoms with Gasteiger partial charge in [0.15, 0.2) is 0 Å². The second kappa shape index (κ2) is 8.56. The highest BCUT2D eigenvalue weighted by Gasteiger charge is 2.19. The number of nitrogens with one attached hydrogen (secondary N) is 1. The standard InChI is InChI=1S/C18H28N2O3/c1-6-17(21)19-14-7-8-16(15(9-14)18(22)23)20(10-12(2)3)11-13(4)5/h7-9,12-13H,6,10-11H2,1-5H3,(H,19,21)(H,22,23). The third-order valence-electron chi connectivity index (χ3n) is 3.34. The van der Waals surface area contributed by atoms with Crippen molar-refractivity contribution in [2.24, 2.45) is 11.8 Å². The SMILES string of the molecule is CCC(=O)Nc1ccc(N(CC(C)C)CC(C)C)c(C(=O)O)c1. The predicted octanol–water partition coefficient (Wildman–Crippen LogP) is 3.85. The van der Waals surface area contributed by atoms with Crippen LogP contribution in [0.15, 0.2) is 18.2 Å². The van der Waals surface area contributed by atoms with Crippen LogP contribution in [0.3, 0.4) is 0 Å². The summed E-state index contributed by atoms with van der Waals surface area (Å²) in [6.45, 7) is 11.8. The van der Waals surface area contributed by atoms with Crippen LogP contribution in [0.1, 0.15) is 51.4 Å². The van der Waals surface area contributed by atoms with Gasteiger partial charge in [-0.2, -0.15) is 0 Å². The molecule has 5 nitrogen and oxygen atoms in total. The molecule has 1 rings (SSSR count). The zero-order valence-corrected chi connectivity index (χ0v) is 14.7. The monoisotopic (exact) mass is 320 g/mol. The lowest BCUT2D eigenvalue weighted by Gasteiger charge is -2.30. The molecule has 0 fully saturated rings. The lowest BCUT2D eigenvalue weighted by molar-refractivity contribution is -0.115. The number of hydrogen-bond acceptors (Lipinski definition) is 3. The van der Waals surface area contributed by atoms with Crippen molar-refractivity contribution in [3.8, 4) is 0 Å². The average Bonchev–Trinajstić information content (AvgIpc) is 2.45. The minimum Gasteiger partial charge on any atom is -0.478 e. The van der Waals surface area contributed by atoms with E-state index in [1.54, 1.807) is 25.1 Å². The molecule has 0 aliphatic heterocycles. The van der Waals surface area contributed by atoms with Crippen LogP contribution in [-0.2, 0) is 4.79 Å². The van der Waals surface area contributed by atoms with Crippen molar-refractivity contribution < 1.29 is 14.7 Å². The van der Waals surface area contributed by atoms with Gasteiger partial charge in [0.25, 0.3) is 0 Å². The molecule has 1 amide bonds. The highest BCUT2D eigenvalue weighted by molar-refractivity contribution is 5.98. The van der Waals surface area contributed by atoms with E-state index in [1.165, 1.54) is 0 Å². The highest BCUT2D eigenvalue weighted by Crippen LogP contribution is 2.26. The minimum absolute atomic E-state index is 0.129. The maximum absolute atomic E-state index is 11.7. The van der Waals surface area contributed by atoms with E-state index in [0.717, 1.165) is 13.1 Å². The summed E-state index contributed by atoms with van der Waals surface area (Å²) >= 11 is 0. The van der Waals surface area contributed by atoms with Crippen LogP contribution in [0, 0.1) is 11.8 Å². The first-order valence-electron chi connectivity index (χ1n) is 8.16. The predicted molar refractivity (Wildman–Crippen MR) is 94.2 cm³/mol. The molecule has 128 valence electrons. The van der Waals surface area contributed by atoms with Gasteiger partial charge in [-0.1, -0.05) is 34.6 Å². The fourth-order valence-electron chi connectivity index (χ4n) is 2.46. The molecule has 0 aliphatic carbocycles. The molecule has 0 atom stereocenters. The van der Waals surface area contributed by atoms with E-state index in [2.05, 4.69) is 37.9 Å². The Morgan fingerprint density at radius 1 is 1.13 bits per heavy atom. The molecule has 0 aromatic heterocycles. The van der Waals surface area contributed by atoms with E-state index in [9.17, 15) is 14.7 Å². The summed E-state index contributed by atoms with van der Waals surface area (Å²) in [6.07, 6.45) is 0.358. The normalized spacial score (nSPS) is 10.9. The van der Waals surface area contributed by atoms with Gasteiger partial charge in [0, 0.05) is 25.2 Å². The molecule has 5 heteroatoms. The number of nitrogens with zero attached hydrogens (tertiary/aromatic N) is 1. The van der Waals surface area contributed by atoms with Gasteiger partial charge >= 0.3 is 5.97 Å². The molecule has 1 aromatic rings. The summed E-state index contributed by atoms with van der Waals surface area (Å²) in [5, 5.41) is 12.3. The zero-order chi connectivity index (χ0) is 17.6. The maximum atomic E-state index is 11.7. The van der Waals surface area contributed by atoms with Crippen LogP contribution >= 0.6 is 0 Å². The topological polar surface area (TPSA) is 69.6 Å². The number of aromatic carboxylic acids is 1. The Bertz CT molecular complexity index is 543. The molecule has 0 radical (unpaired) electrons. The van der Waals surface area contributed by atoms with E-state index in [4.69, 9.17) is 0 Å². The number of hydrogen-bond donors (Lipinski definition) is 2. The number of anilines is 2. The van der Waals surface area contributed by atoms with Crippen molar-refractivity contribution in [3.05, 3.63) is 23.8 Å². The first kappa shape index (κ1) is 19.0. The first-order valence-corrected chi connectivity index (χ1v) is 8.16. The quantitative estimate of drug-likeness (QED) is 0.763. The molecular formula is C18H28N2O3. The van der Waals surface area contributed by atoms with Crippen LogP contribution in [0.4, 0.5) is 11.4 Å². The van der Waals surface area contributed by atoms with Gasteiger partial charge in [-0.3, -0.25) is 4.79 Å². The van der Waals surface area contributed by atoms with Crippen LogP contribution < -0.4 is 10.2 Å². The number of carbonyl (C=O) groups is 2. The van der Waals surface area contributed by atoms with E-state index < -0.39 is 5.97 Å². The second-order valence-corrected chi connectivity index (χ2v) is 6.63. The van der Waals surface area contributed by atoms with E-state index in [-0.39, 0.29) is 11.5 Å². The molecule has 0 aliphatic rings. The third kappa shape index (κ3) is 5.93. The van der Waals surface area contributed by atoms with Gasteiger partial charge in [0.1, 0.15) is 0 Å². The number of benzene rings is 1. The summed E-state index contributed by atoms with van der Waals surface area (Å²) in [4.78, 5) is 25.3. The molecule has 0 unspecified atom stereocenters. The summed E-state index contributed by atoms with van der Waals surface area (Å²) in [7, 11) is 0. The lowest BCUT2D eigenvalue weighted by Crippen LogP contribution is -2.32. The van der Waals surface area contributed by atoms with Crippen LogP contribution in [-0.4, -0.2) is 30.1 Å². The van der Waals surface area contributed by atoms with Crippen molar-refractivity contribution in [3.63, 3.8) is 0 Å². The van der Waals surface area contributed by atoms with Crippen molar-refractivity contribution in [1.29, 1.82) is 0 Å². The van der Waals surface area contributed by atoms with Gasteiger partial charge < -0.3 is 15.3 Å². The van der Waals surface area contributed by atoms with Crippen LogP contribution in [0.25, 0.3) is 0 Å². The van der Waals surface area contributed by atoms with Crippen LogP contribution in [0.5, 0.6) is 0 Å². The maximum Gasteiger partial charge on any atom is 0.337 e. The summed E-state index contributed by atoms with van der Waals surface area (Å²) in [5.41, 5.74) is 1.45. The molecule has 0 bridgehead atoms. The van der Waals surface area contributed by atoms with E-state index >= 15 is 0 Å². The molecule has 2 N–H and O–H groups in total. The number of carboxylic acid groups (broad SMARTS) is 1. The smallest absolute Gasteiger partial charge is 0.337 e. The Labute approximate surface area is 138 Å². The second-order valence-electron chi connectivity index (χ2n) is 6.63. The van der Waals surface area contributed by atoms with Gasteiger partial charge in [0.2, 0.25) is 5.91 Å². The largest absolute Gasteiger partial charge is 0.478 e. The summed E-state index contributed by atoms with van der Waals surface area (Å²) < 4.78 is 0. The molecule has 0 saturated carbocycles. The Balaban J connectivity index is 3.20. The summed E-state index contributed by atoms with van der Waals surface area (Å²) in [6, 6.07) is 5.10. The number of carboxylic acids is 1. The van der Waals surface area contributed by atoms with Gasteiger partial charge in [-0.15, -0.1) is 0 Å². The molecule has 23 heavy (non-hydrogen) atoms. The van der Waals surface area contributed by atoms with Gasteiger partial charge in [-0.05, 0) is 30.0 Å². The Morgan fingerprint density at radius 3 is 2.13 bits per heavy atom. The Morgan fingerprint density at radius 2 is 1.70 bits per heavy atom. The summed E-state index contributed by atoms with van der Waals surface area (Å²) in [5.74, 6) is -0.259. The average molecular weight is 320 g/mol. The number of carbonyl (C=O) groups excluding carboxylic acids is 1. The van der Waals surface area contributed by atoms with Crippen LogP contribution in [0.2, 0.25) is 0 Å². The third-order valence-corrected chi connectivity index (χ3v) is 3.34. The Kier molecular flexibility index (Phi) is 7.07. The molecular weight excluding hydrogens is 292 g/mol. The fraction of sp³-hybridized carbons (Fsp3) is 0.556. The molecule has 0 heterocycles. The number of amides is 1. The minimum atomic E-state index is -0.981. The zero-order valence-electron chi connectivity index (χ0n) is 14.7.